The van der Waals surface area contributed by atoms with Gasteiger partial charge in [-0.3, -0.25) is 9.59 Å². The van der Waals surface area contributed by atoms with E-state index in [2.05, 4.69) is 5.32 Å². The normalized spacial score (nSPS) is 14.2. The Morgan fingerprint density at radius 2 is 1.87 bits per heavy atom. The van der Waals surface area contributed by atoms with Gasteiger partial charge in [0.2, 0.25) is 5.91 Å². The predicted octanol–water partition coefficient (Wildman–Crippen LogP) is 3.01. The summed E-state index contributed by atoms with van der Waals surface area (Å²) in [5, 5.41) is 2.69. The number of anilines is 1. The highest BCUT2D eigenvalue weighted by atomic mass is 16.5. The van der Waals surface area contributed by atoms with Crippen molar-refractivity contribution < 1.29 is 28.6 Å². The molecule has 2 aromatic carbocycles. The minimum absolute atomic E-state index is 0.119. The molecule has 8 heteroatoms. The number of rotatable bonds is 8. The highest BCUT2D eigenvalue weighted by Gasteiger charge is 2.22. The topological polar surface area (TPSA) is 94.2 Å². The largest absolute Gasteiger partial charge is 0.493 e. The molecule has 1 fully saturated rings. The van der Waals surface area contributed by atoms with E-state index in [4.69, 9.17) is 14.2 Å². The van der Waals surface area contributed by atoms with Crippen molar-refractivity contribution in [3.05, 3.63) is 53.6 Å². The second-order valence-corrected chi connectivity index (χ2v) is 7.23. The van der Waals surface area contributed by atoms with E-state index in [1.807, 2.05) is 6.07 Å². The summed E-state index contributed by atoms with van der Waals surface area (Å²) in [5.74, 6) is 0.0473. The van der Waals surface area contributed by atoms with Crippen molar-refractivity contribution in [3.63, 3.8) is 0 Å². The van der Waals surface area contributed by atoms with E-state index < -0.39 is 18.0 Å². The molecule has 1 unspecified atom stereocenters. The Morgan fingerprint density at radius 3 is 2.55 bits per heavy atom. The summed E-state index contributed by atoms with van der Waals surface area (Å²) in [5.41, 5.74) is 1.66. The molecule has 1 aliphatic heterocycles. The van der Waals surface area contributed by atoms with Crippen LogP contribution in [0.25, 0.3) is 0 Å². The van der Waals surface area contributed by atoms with Crippen molar-refractivity contribution in [2.45, 2.75) is 32.4 Å². The molecule has 0 aliphatic carbocycles. The Labute approximate surface area is 181 Å². The summed E-state index contributed by atoms with van der Waals surface area (Å²) in [4.78, 5) is 38.6. The number of carbonyl (C=O) groups is 3. The number of hydrogen-bond acceptors (Lipinski definition) is 6. The number of esters is 1. The molecule has 3 rings (SSSR count). The van der Waals surface area contributed by atoms with E-state index in [0.717, 1.165) is 18.5 Å². The lowest BCUT2D eigenvalue weighted by Crippen LogP contribution is -2.30. The number of amides is 2. The van der Waals surface area contributed by atoms with Gasteiger partial charge < -0.3 is 24.4 Å². The van der Waals surface area contributed by atoms with Crippen LogP contribution in [0.5, 0.6) is 11.5 Å². The summed E-state index contributed by atoms with van der Waals surface area (Å²) >= 11 is 0. The Balaban J connectivity index is 1.60. The Morgan fingerprint density at radius 1 is 1.10 bits per heavy atom. The van der Waals surface area contributed by atoms with Gasteiger partial charge in [0.15, 0.2) is 17.6 Å². The zero-order chi connectivity index (χ0) is 22.4. The van der Waals surface area contributed by atoms with Crippen LogP contribution in [0.15, 0.2) is 42.5 Å². The first-order valence-corrected chi connectivity index (χ1v) is 10.0. The Bertz CT molecular complexity index is 974. The molecule has 164 valence electrons. The summed E-state index contributed by atoms with van der Waals surface area (Å²) < 4.78 is 15.7. The zero-order valence-electron chi connectivity index (χ0n) is 17.8. The Hall–Kier alpha value is -3.55. The van der Waals surface area contributed by atoms with Gasteiger partial charge in [-0.05, 0) is 43.2 Å². The first kappa shape index (κ1) is 22.1. The molecule has 8 nitrogen and oxygen atoms in total. The second-order valence-electron chi connectivity index (χ2n) is 7.23. The standard InChI is InChI=1S/C23H26N2O6/c1-15(22(27)24-18-9-10-19(29-2)20(13-18)30-3)31-23(28)17-7-4-6-16(12-17)14-25-11-5-8-21(25)26/h4,6-7,9-10,12-13,15H,5,8,11,14H2,1-3H3,(H,24,27). The molecule has 1 heterocycles. The minimum Gasteiger partial charge on any atom is -0.493 e. The average molecular weight is 426 g/mol. The number of nitrogens with one attached hydrogen (secondary N) is 1. The lowest BCUT2D eigenvalue weighted by atomic mass is 10.1. The van der Waals surface area contributed by atoms with Gasteiger partial charge in [-0.25, -0.2) is 4.79 Å². The first-order chi connectivity index (χ1) is 14.9. The van der Waals surface area contributed by atoms with Gasteiger partial charge in [0, 0.05) is 31.3 Å². The quantitative estimate of drug-likeness (QED) is 0.652. The molecule has 0 bridgehead atoms. The van der Waals surface area contributed by atoms with Gasteiger partial charge in [0.05, 0.1) is 19.8 Å². The van der Waals surface area contributed by atoms with Crippen molar-refractivity contribution in [1.82, 2.24) is 4.90 Å². The van der Waals surface area contributed by atoms with Crippen LogP contribution in [0.3, 0.4) is 0 Å². The molecule has 1 N–H and O–H groups in total. The van der Waals surface area contributed by atoms with E-state index >= 15 is 0 Å². The molecule has 1 aliphatic rings. The van der Waals surface area contributed by atoms with Gasteiger partial charge >= 0.3 is 5.97 Å². The van der Waals surface area contributed by atoms with E-state index in [0.29, 0.717) is 35.7 Å². The summed E-state index contributed by atoms with van der Waals surface area (Å²) in [6.45, 7) is 2.68. The van der Waals surface area contributed by atoms with Crippen LogP contribution in [-0.2, 0) is 20.9 Å². The molecular formula is C23H26N2O6. The predicted molar refractivity (Wildman–Crippen MR) is 114 cm³/mol. The van der Waals surface area contributed by atoms with Crippen LogP contribution >= 0.6 is 0 Å². The van der Waals surface area contributed by atoms with E-state index in [1.165, 1.54) is 21.1 Å². The fourth-order valence-corrected chi connectivity index (χ4v) is 3.33. The fraction of sp³-hybridized carbons (Fsp3) is 0.348. The molecule has 0 radical (unpaired) electrons. The molecule has 31 heavy (non-hydrogen) atoms. The number of likely N-dealkylation sites (tertiary alicyclic amines) is 1. The van der Waals surface area contributed by atoms with Crippen molar-refractivity contribution in [2.24, 2.45) is 0 Å². The number of ether oxygens (including phenoxy) is 3. The van der Waals surface area contributed by atoms with Crippen LogP contribution in [0.1, 0.15) is 35.7 Å². The van der Waals surface area contributed by atoms with Crippen molar-refractivity contribution in [3.8, 4) is 11.5 Å². The number of hydrogen-bond donors (Lipinski definition) is 1. The number of nitrogens with zero attached hydrogens (tertiary/aromatic N) is 1. The SMILES string of the molecule is COc1ccc(NC(=O)C(C)OC(=O)c2cccc(CN3CCCC3=O)c2)cc1OC. The smallest absolute Gasteiger partial charge is 0.338 e. The van der Waals surface area contributed by atoms with Crippen molar-refractivity contribution >= 4 is 23.5 Å². The maximum absolute atomic E-state index is 12.5. The number of carbonyl (C=O) groups excluding carboxylic acids is 3. The summed E-state index contributed by atoms with van der Waals surface area (Å²) in [6.07, 6.45) is 0.409. The highest BCUT2D eigenvalue weighted by molar-refractivity contribution is 5.97. The lowest BCUT2D eigenvalue weighted by Gasteiger charge is -2.17. The third-order valence-corrected chi connectivity index (χ3v) is 5.01. The maximum Gasteiger partial charge on any atom is 0.338 e. The van der Waals surface area contributed by atoms with Gasteiger partial charge in [0.25, 0.3) is 5.91 Å². The molecule has 1 saturated heterocycles. The Kier molecular flexibility index (Phi) is 7.12. The molecule has 0 spiro atoms. The van der Waals surface area contributed by atoms with Gasteiger partial charge in [0.1, 0.15) is 0 Å². The molecule has 2 amide bonds. The van der Waals surface area contributed by atoms with E-state index in [9.17, 15) is 14.4 Å². The molecule has 0 saturated carbocycles. The molecule has 2 aromatic rings. The average Bonchev–Trinajstić information content (AvgIpc) is 3.17. The van der Waals surface area contributed by atoms with Crippen LogP contribution < -0.4 is 14.8 Å². The minimum atomic E-state index is -1.01. The van der Waals surface area contributed by atoms with Gasteiger partial charge in [-0.1, -0.05) is 12.1 Å². The molecule has 0 aromatic heterocycles. The van der Waals surface area contributed by atoms with Crippen LogP contribution in [0.2, 0.25) is 0 Å². The number of methoxy groups -OCH3 is 2. The van der Waals surface area contributed by atoms with Crippen LogP contribution in [0.4, 0.5) is 5.69 Å². The zero-order valence-corrected chi connectivity index (χ0v) is 17.8. The number of benzene rings is 2. The second kappa shape index (κ2) is 9.97. The van der Waals surface area contributed by atoms with E-state index in [-0.39, 0.29) is 5.91 Å². The third-order valence-electron chi connectivity index (χ3n) is 5.01. The monoisotopic (exact) mass is 426 g/mol. The fourth-order valence-electron chi connectivity index (χ4n) is 3.33. The lowest BCUT2D eigenvalue weighted by molar-refractivity contribution is -0.128. The van der Waals surface area contributed by atoms with Gasteiger partial charge in [-0.15, -0.1) is 0 Å². The molecule has 1 atom stereocenters. The van der Waals surface area contributed by atoms with Crippen molar-refractivity contribution in [1.29, 1.82) is 0 Å². The van der Waals surface area contributed by atoms with Crippen LogP contribution in [-0.4, -0.2) is 49.6 Å². The van der Waals surface area contributed by atoms with Crippen LogP contribution in [0, 0.1) is 0 Å². The molecular weight excluding hydrogens is 400 g/mol. The highest BCUT2D eigenvalue weighted by Crippen LogP contribution is 2.29. The summed E-state index contributed by atoms with van der Waals surface area (Å²) in [7, 11) is 3.03. The van der Waals surface area contributed by atoms with Gasteiger partial charge in [-0.2, -0.15) is 0 Å². The first-order valence-electron chi connectivity index (χ1n) is 10.0. The summed E-state index contributed by atoms with van der Waals surface area (Å²) in [6, 6.07) is 11.9. The maximum atomic E-state index is 12.5. The third kappa shape index (κ3) is 5.53. The van der Waals surface area contributed by atoms with Crippen molar-refractivity contribution in [2.75, 3.05) is 26.1 Å². The van der Waals surface area contributed by atoms with E-state index in [1.54, 1.807) is 41.3 Å².